The Labute approximate surface area is 126 Å². The van der Waals surface area contributed by atoms with Gasteiger partial charge in [0.15, 0.2) is 0 Å². The molecule has 1 aromatic carbocycles. The fraction of sp³-hybridized carbons (Fsp3) is 0.200. The zero-order chi connectivity index (χ0) is 15.2. The van der Waals surface area contributed by atoms with Crippen LogP contribution < -0.4 is 10.6 Å². The Hall–Kier alpha value is -2.21. The summed E-state index contributed by atoms with van der Waals surface area (Å²) in [5.41, 5.74) is 0.851. The first-order valence-electron chi connectivity index (χ1n) is 6.51. The molecule has 21 heavy (non-hydrogen) atoms. The minimum Gasteiger partial charge on any atom is -0.355 e. The second-order valence-electron chi connectivity index (χ2n) is 4.31. The lowest BCUT2D eigenvalue weighted by molar-refractivity contribution is -0.120. The summed E-state index contributed by atoms with van der Waals surface area (Å²) in [5.74, 6) is -0.809. The van der Waals surface area contributed by atoms with Gasteiger partial charge >= 0.3 is 0 Å². The van der Waals surface area contributed by atoms with Crippen LogP contribution >= 0.6 is 11.3 Å². The number of rotatable bonds is 5. The third-order valence-electron chi connectivity index (χ3n) is 2.74. The van der Waals surface area contributed by atoms with E-state index in [1.165, 1.54) is 23.5 Å². The van der Waals surface area contributed by atoms with Crippen LogP contribution in [0.4, 0.5) is 4.39 Å². The fourth-order valence-corrected chi connectivity index (χ4v) is 2.66. The van der Waals surface area contributed by atoms with Crippen molar-refractivity contribution in [3.63, 3.8) is 0 Å². The van der Waals surface area contributed by atoms with Gasteiger partial charge in [-0.2, -0.15) is 0 Å². The highest BCUT2D eigenvalue weighted by Gasteiger charge is 2.11. The van der Waals surface area contributed by atoms with Gasteiger partial charge < -0.3 is 10.6 Å². The summed E-state index contributed by atoms with van der Waals surface area (Å²) in [7, 11) is 0. The predicted molar refractivity (Wildman–Crippen MR) is 80.7 cm³/mol. The lowest BCUT2D eigenvalue weighted by atomic mass is 10.2. The van der Waals surface area contributed by atoms with Crippen LogP contribution in [-0.2, 0) is 4.79 Å². The van der Waals surface area contributed by atoms with Crippen LogP contribution in [0.5, 0.6) is 0 Å². The lowest BCUT2D eigenvalue weighted by Gasteiger charge is -2.03. The molecule has 0 radical (unpaired) electrons. The number of thiophene rings is 1. The standard InChI is InChI=1S/C15H15FN2O2S/c1-2-17-14(19)9-18-15(20)13-8-7-12(21-13)10-3-5-11(16)6-4-10/h3-8H,2,9H2,1H3,(H,17,19)(H,18,20). The van der Waals surface area contributed by atoms with Gasteiger partial charge in [0.1, 0.15) is 5.82 Å². The predicted octanol–water partition coefficient (Wildman–Crippen LogP) is 2.42. The fourth-order valence-electron chi connectivity index (χ4n) is 1.74. The molecule has 2 amide bonds. The van der Waals surface area contributed by atoms with E-state index < -0.39 is 0 Å². The monoisotopic (exact) mass is 306 g/mol. The molecule has 0 unspecified atom stereocenters. The molecule has 4 nitrogen and oxygen atoms in total. The molecule has 0 fully saturated rings. The number of carbonyl (C=O) groups excluding carboxylic acids is 2. The molecular formula is C15H15FN2O2S. The van der Waals surface area contributed by atoms with Crippen molar-refractivity contribution in [3.8, 4) is 10.4 Å². The van der Waals surface area contributed by atoms with Crippen molar-refractivity contribution >= 4 is 23.2 Å². The van der Waals surface area contributed by atoms with E-state index >= 15 is 0 Å². The maximum atomic E-state index is 12.9. The second-order valence-corrected chi connectivity index (χ2v) is 5.39. The summed E-state index contributed by atoms with van der Waals surface area (Å²) in [5, 5.41) is 5.16. The SMILES string of the molecule is CCNC(=O)CNC(=O)c1ccc(-c2ccc(F)cc2)s1. The largest absolute Gasteiger partial charge is 0.355 e. The van der Waals surface area contributed by atoms with Crippen LogP contribution in [0.15, 0.2) is 36.4 Å². The molecule has 0 aliphatic carbocycles. The smallest absolute Gasteiger partial charge is 0.261 e. The van der Waals surface area contributed by atoms with Crippen LogP contribution in [0.25, 0.3) is 10.4 Å². The molecule has 0 saturated heterocycles. The van der Waals surface area contributed by atoms with Crippen LogP contribution in [0.1, 0.15) is 16.6 Å². The van der Waals surface area contributed by atoms with E-state index in [0.717, 1.165) is 10.4 Å². The first kappa shape index (κ1) is 15.2. The van der Waals surface area contributed by atoms with Crippen LogP contribution in [0.2, 0.25) is 0 Å². The van der Waals surface area contributed by atoms with Crippen molar-refractivity contribution in [3.05, 3.63) is 47.1 Å². The normalized spacial score (nSPS) is 10.2. The number of halogens is 1. The quantitative estimate of drug-likeness (QED) is 0.891. The molecule has 2 rings (SSSR count). The molecule has 0 aliphatic heterocycles. The first-order valence-corrected chi connectivity index (χ1v) is 7.32. The number of hydrogen-bond donors (Lipinski definition) is 2. The number of nitrogens with one attached hydrogen (secondary N) is 2. The highest BCUT2D eigenvalue weighted by Crippen LogP contribution is 2.28. The summed E-state index contributed by atoms with van der Waals surface area (Å²) in [6, 6.07) is 9.58. The van der Waals surface area contributed by atoms with Crippen molar-refractivity contribution in [2.24, 2.45) is 0 Å². The average molecular weight is 306 g/mol. The number of benzene rings is 1. The van der Waals surface area contributed by atoms with Gasteiger partial charge in [-0.15, -0.1) is 11.3 Å². The van der Waals surface area contributed by atoms with E-state index in [-0.39, 0.29) is 24.2 Å². The molecule has 2 aromatic rings. The first-order chi connectivity index (χ1) is 10.1. The Bertz CT molecular complexity index is 637. The van der Waals surface area contributed by atoms with E-state index in [1.54, 1.807) is 24.3 Å². The Balaban J connectivity index is 2.00. The molecule has 110 valence electrons. The van der Waals surface area contributed by atoms with E-state index in [0.29, 0.717) is 11.4 Å². The third kappa shape index (κ3) is 4.13. The zero-order valence-electron chi connectivity index (χ0n) is 11.5. The zero-order valence-corrected chi connectivity index (χ0v) is 12.3. The highest BCUT2D eigenvalue weighted by molar-refractivity contribution is 7.17. The minimum absolute atomic E-state index is 0.0452. The van der Waals surface area contributed by atoms with Gasteiger partial charge in [-0.3, -0.25) is 9.59 Å². The second kappa shape index (κ2) is 6.99. The number of amides is 2. The van der Waals surface area contributed by atoms with E-state index in [2.05, 4.69) is 10.6 Å². The van der Waals surface area contributed by atoms with Gasteiger partial charge in [-0.25, -0.2) is 4.39 Å². The molecule has 0 saturated carbocycles. The van der Waals surface area contributed by atoms with E-state index in [4.69, 9.17) is 0 Å². The Kier molecular flexibility index (Phi) is 5.05. The molecule has 6 heteroatoms. The molecule has 0 bridgehead atoms. The molecule has 2 N–H and O–H groups in total. The van der Waals surface area contributed by atoms with E-state index in [1.807, 2.05) is 6.92 Å². The maximum absolute atomic E-state index is 12.9. The molecule has 0 aliphatic rings. The van der Waals surface area contributed by atoms with Crippen LogP contribution in [0, 0.1) is 5.82 Å². The van der Waals surface area contributed by atoms with E-state index in [9.17, 15) is 14.0 Å². The molecular weight excluding hydrogens is 291 g/mol. The van der Waals surface area contributed by atoms with Crippen molar-refractivity contribution in [1.82, 2.24) is 10.6 Å². The minimum atomic E-state index is -0.296. The van der Waals surface area contributed by atoms with Gasteiger partial charge in [-0.05, 0) is 36.8 Å². The summed E-state index contributed by atoms with van der Waals surface area (Å²) < 4.78 is 12.9. The highest BCUT2D eigenvalue weighted by atomic mass is 32.1. The van der Waals surface area contributed by atoms with Crippen LogP contribution in [0.3, 0.4) is 0 Å². The average Bonchev–Trinajstić information content (AvgIpc) is 2.96. The van der Waals surface area contributed by atoms with Gasteiger partial charge in [0.25, 0.3) is 5.91 Å². The van der Waals surface area contributed by atoms with Crippen molar-refractivity contribution in [2.45, 2.75) is 6.92 Å². The summed E-state index contributed by atoms with van der Waals surface area (Å²) >= 11 is 1.30. The number of hydrogen-bond acceptors (Lipinski definition) is 3. The number of carbonyl (C=O) groups is 2. The topological polar surface area (TPSA) is 58.2 Å². The Morgan fingerprint density at radius 1 is 1.10 bits per heavy atom. The lowest BCUT2D eigenvalue weighted by Crippen LogP contribution is -2.36. The molecule has 0 atom stereocenters. The molecule has 1 aromatic heterocycles. The molecule has 1 heterocycles. The van der Waals surface area contributed by atoms with Crippen LogP contribution in [-0.4, -0.2) is 24.9 Å². The van der Waals surface area contributed by atoms with Gasteiger partial charge in [-0.1, -0.05) is 12.1 Å². The molecule has 0 spiro atoms. The van der Waals surface area contributed by atoms with Gasteiger partial charge in [0.05, 0.1) is 11.4 Å². The van der Waals surface area contributed by atoms with Crippen molar-refractivity contribution in [1.29, 1.82) is 0 Å². The van der Waals surface area contributed by atoms with Gasteiger partial charge in [0, 0.05) is 11.4 Å². The Morgan fingerprint density at radius 2 is 1.81 bits per heavy atom. The van der Waals surface area contributed by atoms with Crippen molar-refractivity contribution in [2.75, 3.05) is 13.1 Å². The third-order valence-corrected chi connectivity index (χ3v) is 3.88. The van der Waals surface area contributed by atoms with Crippen molar-refractivity contribution < 1.29 is 14.0 Å². The summed E-state index contributed by atoms with van der Waals surface area (Å²) in [4.78, 5) is 24.6. The summed E-state index contributed by atoms with van der Waals surface area (Å²) in [6.45, 7) is 2.30. The summed E-state index contributed by atoms with van der Waals surface area (Å²) in [6.07, 6.45) is 0. The maximum Gasteiger partial charge on any atom is 0.261 e. The number of likely N-dealkylation sites (N-methyl/N-ethyl adjacent to an activating group) is 1. The van der Waals surface area contributed by atoms with Gasteiger partial charge in [0.2, 0.25) is 5.91 Å². The Morgan fingerprint density at radius 3 is 2.48 bits per heavy atom.